The van der Waals surface area contributed by atoms with Crippen LogP contribution in [0.2, 0.25) is 0 Å². The first kappa shape index (κ1) is 12.0. The highest BCUT2D eigenvalue weighted by Crippen LogP contribution is 2.27. The minimum atomic E-state index is -3.26. The van der Waals surface area contributed by atoms with Crippen molar-refractivity contribution in [3.05, 3.63) is 23.8 Å². The Labute approximate surface area is 91.0 Å². The first-order chi connectivity index (χ1) is 6.89. The number of rotatable bonds is 3. The van der Waals surface area contributed by atoms with Gasteiger partial charge in [0.1, 0.15) is 10.6 Å². The summed E-state index contributed by atoms with van der Waals surface area (Å²) >= 11 is 0. The van der Waals surface area contributed by atoms with Crippen molar-refractivity contribution in [2.45, 2.75) is 30.9 Å². The number of hydrogen-bond acceptors (Lipinski definition) is 3. The third-order valence-electron chi connectivity index (χ3n) is 2.25. The van der Waals surface area contributed by atoms with Crippen molar-refractivity contribution in [2.75, 3.05) is 7.11 Å². The van der Waals surface area contributed by atoms with Crippen LogP contribution in [0, 0.1) is 6.92 Å². The van der Waals surface area contributed by atoms with Gasteiger partial charge in [0.2, 0.25) is 0 Å². The van der Waals surface area contributed by atoms with E-state index in [9.17, 15) is 8.42 Å². The highest BCUT2D eigenvalue weighted by Gasteiger charge is 2.23. The number of hydrogen-bond donors (Lipinski definition) is 0. The standard InChI is InChI=1S/C11H16O3S/c1-8(2)15(12,13)11-6-5-9(3)7-10(11)14-4/h5-8H,1-4H3. The fourth-order valence-corrected chi connectivity index (χ4v) is 2.45. The Bertz CT molecular complexity index is 447. The molecule has 0 saturated carbocycles. The Kier molecular flexibility index (Phi) is 3.39. The minimum absolute atomic E-state index is 0.269. The molecule has 0 atom stereocenters. The Morgan fingerprint density at radius 2 is 1.87 bits per heavy atom. The van der Waals surface area contributed by atoms with Crippen molar-refractivity contribution in [3.63, 3.8) is 0 Å². The second-order valence-electron chi connectivity index (χ2n) is 3.75. The molecule has 0 heterocycles. The molecule has 84 valence electrons. The lowest BCUT2D eigenvalue weighted by atomic mass is 10.2. The van der Waals surface area contributed by atoms with Gasteiger partial charge in [0.15, 0.2) is 9.84 Å². The summed E-state index contributed by atoms with van der Waals surface area (Å²) in [5.74, 6) is 0.420. The summed E-state index contributed by atoms with van der Waals surface area (Å²) < 4.78 is 29.0. The van der Waals surface area contributed by atoms with Crippen molar-refractivity contribution < 1.29 is 13.2 Å². The molecule has 1 aromatic rings. The molecular formula is C11H16O3S. The van der Waals surface area contributed by atoms with Gasteiger partial charge in [-0.05, 0) is 38.5 Å². The van der Waals surface area contributed by atoms with Crippen LogP contribution < -0.4 is 4.74 Å². The molecule has 0 spiro atoms. The molecule has 0 saturated heterocycles. The van der Waals surface area contributed by atoms with E-state index in [2.05, 4.69) is 0 Å². The zero-order valence-electron chi connectivity index (χ0n) is 9.44. The smallest absolute Gasteiger partial charge is 0.184 e. The Morgan fingerprint density at radius 3 is 2.33 bits per heavy atom. The Balaban J connectivity index is 3.38. The van der Waals surface area contributed by atoms with Crippen LogP contribution in [0.1, 0.15) is 19.4 Å². The van der Waals surface area contributed by atoms with Crippen LogP contribution in [0.25, 0.3) is 0 Å². The van der Waals surface area contributed by atoms with Gasteiger partial charge in [-0.2, -0.15) is 0 Å². The first-order valence-electron chi connectivity index (χ1n) is 4.78. The lowest BCUT2D eigenvalue weighted by Crippen LogP contribution is -2.15. The predicted octanol–water partition coefficient (Wildman–Crippen LogP) is 2.19. The average molecular weight is 228 g/mol. The largest absolute Gasteiger partial charge is 0.495 e. The number of ether oxygens (including phenoxy) is 1. The van der Waals surface area contributed by atoms with E-state index in [0.717, 1.165) is 5.56 Å². The average Bonchev–Trinajstić information content (AvgIpc) is 2.16. The fourth-order valence-electron chi connectivity index (χ4n) is 1.26. The van der Waals surface area contributed by atoms with Crippen LogP contribution in [-0.4, -0.2) is 20.8 Å². The van der Waals surface area contributed by atoms with Gasteiger partial charge in [0.05, 0.1) is 12.4 Å². The second-order valence-corrected chi connectivity index (χ2v) is 6.22. The maximum Gasteiger partial charge on any atom is 0.184 e. The van der Waals surface area contributed by atoms with E-state index in [4.69, 9.17) is 4.74 Å². The molecule has 0 aromatic heterocycles. The molecule has 0 amide bonds. The summed E-state index contributed by atoms with van der Waals surface area (Å²) in [5, 5.41) is -0.436. The molecule has 0 aliphatic rings. The normalized spacial score (nSPS) is 11.8. The molecule has 0 aliphatic carbocycles. The molecule has 4 heteroatoms. The SMILES string of the molecule is COc1cc(C)ccc1S(=O)(=O)C(C)C. The van der Waals surface area contributed by atoms with Crippen LogP contribution in [0.4, 0.5) is 0 Å². The van der Waals surface area contributed by atoms with Crippen LogP contribution in [0.5, 0.6) is 5.75 Å². The summed E-state index contributed by atoms with van der Waals surface area (Å²) in [4.78, 5) is 0.269. The van der Waals surface area contributed by atoms with Crippen molar-refractivity contribution in [3.8, 4) is 5.75 Å². The minimum Gasteiger partial charge on any atom is -0.495 e. The van der Waals surface area contributed by atoms with E-state index in [1.807, 2.05) is 6.92 Å². The molecule has 3 nitrogen and oxygen atoms in total. The molecule has 1 aromatic carbocycles. The zero-order valence-corrected chi connectivity index (χ0v) is 10.3. The van der Waals surface area contributed by atoms with Gasteiger partial charge in [-0.1, -0.05) is 6.07 Å². The molecule has 0 radical (unpaired) electrons. The predicted molar refractivity (Wildman–Crippen MR) is 60.1 cm³/mol. The third-order valence-corrected chi connectivity index (χ3v) is 4.44. The highest BCUT2D eigenvalue weighted by molar-refractivity contribution is 7.92. The van der Waals surface area contributed by atoms with Crippen molar-refractivity contribution in [2.24, 2.45) is 0 Å². The maximum atomic E-state index is 11.9. The van der Waals surface area contributed by atoms with Crippen LogP contribution in [0.3, 0.4) is 0 Å². The molecular weight excluding hydrogens is 212 g/mol. The molecule has 15 heavy (non-hydrogen) atoms. The van der Waals surface area contributed by atoms with E-state index < -0.39 is 15.1 Å². The highest BCUT2D eigenvalue weighted by atomic mass is 32.2. The van der Waals surface area contributed by atoms with E-state index in [1.54, 1.807) is 32.0 Å². The van der Waals surface area contributed by atoms with Crippen LogP contribution in [-0.2, 0) is 9.84 Å². The number of sulfone groups is 1. The molecule has 0 N–H and O–H groups in total. The fraction of sp³-hybridized carbons (Fsp3) is 0.455. The van der Waals surface area contributed by atoms with Gasteiger partial charge in [-0.15, -0.1) is 0 Å². The maximum absolute atomic E-state index is 11.9. The van der Waals surface area contributed by atoms with Gasteiger partial charge in [0.25, 0.3) is 0 Å². The number of methoxy groups -OCH3 is 1. The van der Waals surface area contributed by atoms with Gasteiger partial charge in [-0.25, -0.2) is 8.42 Å². The Morgan fingerprint density at radius 1 is 1.27 bits per heavy atom. The second kappa shape index (κ2) is 4.23. The molecule has 0 bridgehead atoms. The monoisotopic (exact) mass is 228 g/mol. The Hall–Kier alpha value is -1.03. The summed E-state index contributed by atoms with van der Waals surface area (Å²) in [6.07, 6.45) is 0. The number of aryl methyl sites for hydroxylation is 1. The van der Waals surface area contributed by atoms with Crippen molar-refractivity contribution in [1.82, 2.24) is 0 Å². The third kappa shape index (κ3) is 2.31. The van der Waals surface area contributed by atoms with Crippen molar-refractivity contribution in [1.29, 1.82) is 0 Å². The van der Waals surface area contributed by atoms with Crippen molar-refractivity contribution >= 4 is 9.84 Å². The van der Waals surface area contributed by atoms with Gasteiger partial charge >= 0.3 is 0 Å². The van der Waals surface area contributed by atoms with E-state index in [0.29, 0.717) is 5.75 Å². The summed E-state index contributed by atoms with van der Waals surface area (Å²) in [5.41, 5.74) is 0.981. The van der Waals surface area contributed by atoms with Crippen LogP contribution in [0.15, 0.2) is 23.1 Å². The van der Waals surface area contributed by atoms with Gasteiger partial charge in [0, 0.05) is 0 Å². The van der Waals surface area contributed by atoms with E-state index in [1.165, 1.54) is 7.11 Å². The summed E-state index contributed by atoms with van der Waals surface area (Å²) in [7, 11) is -1.78. The topological polar surface area (TPSA) is 43.4 Å². The molecule has 0 aliphatic heterocycles. The van der Waals surface area contributed by atoms with Crippen LogP contribution >= 0.6 is 0 Å². The summed E-state index contributed by atoms with van der Waals surface area (Å²) in [6.45, 7) is 5.22. The lowest BCUT2D eigenvalue weighted by molar-refractivity contribution is 0.402. The van der Waals surface area contributed by atoms with E-state index in [-0.39, 0.29) is 4.90 Å². The van der Waals surface area contributed by atoms with E-state index >= 15 is 0 Å². The van der Waals surface area contributed by atoms with Gasteiger partial charge in [-0.3, -0.25) is 0 Å². The molecule has 0 unspecified atom stereocenters. The number of benzene rings is 1. The van der Waals surface area contributed by atoms with Gasteiger partial charge < -0.3 is 4.74 Å². The summed E-state index contributed by atoms with van der Waals surface area (Å²) in [6, 6.07) is 5.11. The molecule has 1 rings (SSSR count). The zero-order chi connectivity index (χ0) is 11.6. The quantitative estimate of drug-likeness (QED) is 0.796. The molecule has 0 fully saturated rings. The lowest BCUT2D eigenvalue weighted by Gasteiger charge is -2.12. The first-order valence-corrected chi connectivity index (χ1v) is 6.32.